The van der Waals surface area contributed by atoms with Crippen LogP contribution in [0.25, 0.3) is 10.9 Å². The molecule has 0 aliphatic carbocycles. The van der Waals surface area contributed by atoms with Crippen molar-refractivity contribution in [3.63, 3.8) is 0 Å². The zero-order valence-corrected chi connectivity index (χ0v) is 26.5. The highest BCUT2D eigenvalue weighted by atomic mass is 35.5. The summed E-state index contributed by atoms with van der Waals surface area (Å²) in [6.07, 6.45) is 1.89. The molecule has 1 fully saturated rings. The molecule has 222 valence electrons. The van der Waals surface area contributed by atoms with Crippen LogP contribution in [-0.2, 0) is 12.0 Å². The molecule has 1 saturated heterocycles. The second kappa shape index (κ2) is 13.8. The average Bonchev–Trinajstić information content (AvgIpc) is 2.99. The lowest BCUT2D eigenvalue weighted by molar-refractivity contribution is 0.0773. The summed E-state index contributed by atoms with van der Waals surface area (Å²) in [6, 6.07) is 28.1. The van der Waals surface area contributed by atoms with Gasteiger partial charge in [0.05, 0.1) is 11.6 Å². The Labute approximate surface area is 258 Å². The van der Waals surface area contributed by atoms with E-state index in [4.69, 9.17) is 4.98 Å². The minimum absolute atomic E-state index is 0. The van der Waals surface area contributed by atoms with Crippen LogP contribution in [0.2, 0.25) is 0 Å². The molecular formula is C36H45ClN4O. The van der Waals surface area contributed by atoms with E-state index in [0.29, 0.717) is 13.1 Å². The SMILES string of the molecule is CCN(CC)C(=O)c1ccc(C(c2cccc3cccnc23)N2CCN(Cc3ccc(C(C)(C)C)cc3)CC2)cc1.Cl. The average molecular weight is 585 g/mol. The standard InChI is InChI=1S/C36H44N4O.ClH/c1-6-39(7-2)35(41)30-17-15-29(16-18-30)34(32-12-8-10-28-11-9-21-37-33(28)32)40-24-22-38(23-25-40)26-27-13-19-31(20-14-27)36(3,4)5;/h8-21,34H,6-7,22-26H2,1-5H3;1H. The molecule has 0 saturated carbocycles. The third kappa shape index (κ3) is 7.03. The maximum absolute atomic E-state index is 13.0. The number of carbonyl (C=O) groups is 1. The molecule has 4 aromatic rings. The predicted molar refractivity (Wildman–Crippen MR) is 177 cm³/mol. The van der Waals surface area contributed by atoms with Crippen LogP contribution in [0.5, 0.6) is 0 Å². The van der Waals surface area contributed by atoms with Gasteiger partial charge in [0.25, 0.3) is 5.91 Å². The highest BCUT2D eigenvalue weighted by molar-refractivity contribution is 5.94. The molecule has 0 N–H and O–H groups in total. The highest BCUT2D eigenvalue weighted by Crippen LogP contribution is 2.34. The maximum Gasteiger partial charge on any atom is 0.253 e. The summed E-state index contributed by atoms with van der Waals surface area (Å²) >= 11 is 0. The van der Waals surface area contributed by atoms with Crippen molar-refractivity contribution in [1.82, 2.24) is 19.7 Å². The molecule has 1 amide bonds. The van der Waals surface area contributed by atoms with Crippen LogP contribution in [0, 0.1) is 0 Å². The Morgan fingerprint density at radius 2 is 1.50 bits per heavy atom. The zero-order valence-electron chi connectivity index (χ0n) is 25.7. The molecule has 1 atom stereocenters. The molecule has 42 heavy (non-hydrogen) atoms. The van der Waals surface area contributed by atoms with Crippen molar-refractivity contribution in [3.8, 4) is 0 Å². The zero-order chi connectivity index (χ0) is 29.0. The first-order valence-electron chi connectivity index (χ1n) is 15.1. The molecule has 5 nitrogen and oxygen atoms in total. The van der Waals surface area contributed by atoms with Crippen LogP contribution in [0.3, 0.4) is 0 Å². The third-order valence-electron chi connectivity index (χ3n) is 8.48. The number of fused-ring (bicyclic) bond motifs is 1. The number of amides is 1. The minimum Gasteiger partial charge on any atom is -0.339 e. The number of nitrogens with zero attached hydrogens (tertiary/aromatic N) is 4. The Morgan fingerprint density at radius 3 is 2.12 bits per heavy atom. The number of hydrogen-bond donors (Lipinski definition) is 0. The minimum atomic E-state index is 0. The van der Waals surface area contributed by atoms with Crippen LogP contribution >= 0.6 is 12.4 Å². The maximum atomic E-state index is 13.0. The largest absolute Gasteiger partial charge is 0.339 e. The van der Waals surface area contributed by atoms with E-state index in [9.17, 15) is 4.79 Å². The van der Waals surface area contributed by atoms with E-state index in [2.05, 4.69) is 91.2 Å². The smallest absolute Gasteiger partial charge is 0.253 e. The van der Waals surface area contributed by atoms with E-state index >= 15 is 0 Å². The molecule has 2 heterocycles. The first kappa shape index (κ1) is 31.7. The Morgan fingerprint density at radius 1 is 0.857 bits per heavy atom. The summed E-state index contributed by atoms with van der Waals surface area (Å²) in [6.45, 7) is 17.2. The van der Waals surface area contributed by atoms with E-state index in [-0.39, 0.29) is 29.8 Å². The summed E-state index contributed by atoms with van der Waals surface area (Å²) < 4.78 is 0. The second-order valence-corrected chi connectivity index (χ2v) is 12.2. The number of para-hydroxylation sites is 1. The Kier molecular flexibility index (Phi) is 10.4. The lowest BCUT2D eigenvalue weighted by Crippen LogP contribution is -2.47. The van der Waals surface area contributed by atoms with Crippen LogP contribution in [0.1, 0.15) is 73.3 Å². The van der Waals surface area contributed by atoms with E-state index in [0.717, 1.165) is 49.2 Å². The summed E-state index contributed by atoms with van der Waals surface area (Å²) in [7, 11) is 0. The van der Waals surface area contributed by atoms with E-state index in [1.807, 2.05) is 43.1 Å². The highest BCUT2D eigenvalue weighted by Gasteiger charge is 2.28. The van der Waals surface area contributed by atoms with Gasteiger partial charge in [-0.3, -0.25) is 19.6 Å². The molecule has 5 rings (SSSR count). The number of rotatable bonds is 8. The predicted octanol–water partition coefficient (Wildman–Crippen LogP) is 7.34. The quantitative estimate of drug-likeness (QED) is 0.217. The molecule has 1 unspecified atom stereocenters. The number of pyridine rings is 1. The van der Waals surface area contributed by atoms with Crippen LogP contribution in [-0.4, -0.2) is 64.9 Å². The van der Waals surface area contributed by atoms with Gasteiger partial charge in [0.1, 0.15) is 0 Å². The first-order valence-corrected chi connectivity index (χ1v) is 15.1. The Balaban J connectivity index is 0.00000405. The summed E-state index contributed by atoms with van der Waals surface area (Å²) in [5.41, 5.74) is 7.13. The van der Waals surface area contributed by atoms with Gasteiger partial charge in [-0.05, 0) is 54.2 Å². The Bertz CT molecular complexity index is 1450. The van der Waals surface area contributed by atoms with E-state index < -0.39 is 0 Å². The van der Waals surface area contributed by atoms with Crippen LogP contribution in [0.15, 0.2) is 85.1 Å². The number of hydrogen-bond acceptors (Lipinski definition) is 4. The summed E-state index contributed by atoms with van der Waals surface area (Å²) in [5.74, 6) is 0.0917. The number of benzene rings is 3. The fourth-order valence-electron chi connectivity index (χ4n) is 5.98. The summed E-state index contributed by atoms with van der Waals surface area (Å²) in [5, 5.41) is 1.15. The Hall–Kier alpha value is -3.25. The molecule has 0 bridgehead atoms. The van der Waals surface area contributed by atoms with Gasteiger partial charge in [0.15, 0.2) is 0 Å². The van der Waals surface area contributed by atoms with E-state index in [1.54, 1.807) is 0 Å². The molecule has 3 aromatic carbocycles. The molecular weight excluding hydrogens is 540 g/mol. The monoisotopic (exact) mass is 584 g/mol. The molecule has 1 aliphatic heterocycles. The third-order valence-corrected chi connectivity index (χ3v) is 8.48. The van der Waals surface area contributed by atoms with Crippen molar-refractivity contribution < 1.29 is 4.79 Å². The van der Waals surface area contributed by atoms with Crippen LogP contribution in [0.4, 0.5) is 0 Å². The molecule has 0 spiro atoms. The first-order chi connectivity index (χ1) is 19.8. The van der Waals surface area contributed by atoms with Crippen molar-refractivity contribution in [2.45, 2.75) is 52.6 Å². The van der Waals surface area contributed by atoms with Crippen molar-refractivity contribution in [3.05, 3.63) is 113 Å². The molecule has 0 radical (unpaired) electrons. The number of carbonyl (C=O) groups excluding carboxylic acids is 1. The summed E-state index contributed by atoms with van der Waals surface area (Å²) in [4.78, 5) is 24.8. The normalized spacial score (nSPS) is 15.3. The van der Waals surface area contributed by atoms with Crippen molar-refractivity contribution in [2.24, 2.45) is 0 Å². The topological polar surface area (TPSA) is 39.7 Å². The van der Waals surface area contributed by atoms with Gasteiger partial charge >= 0.3 is 0 Å². The number of aromatic nitrogens is 1. The van der Waals surface area contributed by atoms with Crippen molar-refractivity contribution in [1.29, 1.82) is 0 Å². The number of halogens is 1. The van der Waals surface area contributed by atoms with Gasteiger partial charge in [-0.2, -0.15) is 0 Å². The van der Waals surface area contributed by atoms with Crippen molar-refractivity contribution >= 4 is 29.2 Å². The molecule has 1 aliphatic rings. The van der Waals surface area contributed by atoms with Gasteiger partial charge in [-0.15, -0.1) is 12.4 Å². The van der Waals surface area contributed by atoms with Gasteiger partial charge in [-0.25, -0.2) is 0 Å². The lowest BCUT2D eigenvalue weighted by atomic mass is 9.87. The van der Waals surface area contributed by atoms with E-state index in [1.165, 1.54) is 22.3 Å². The molecule has 6 heteroatoms. The van der Waals surface area contributed by atoms with Gasteiger partial charge in [0, 0.05) is 68.5 Å². The fraction of sp³-hybridized carbons (Fsp3) is 0.389. The fourth-order valence-corrected chi connectivity index (χ4v) is 5.98. The number of piperazine rings is 1. The van der Waals surface area contributed by atoms with Gasteiger partial charge in [0.2, 0.25) is 0 Å². The van der Waals surface area contributed by atoms with Gasteiger partial charge < -0.3 is 4.90 Å². The second-order valence-electron chi connectivity index (χ2n) is 12.2. The van der Waals surface area contributed by atoms with Crippen molar-refractivity contribution in [2.75, 3.05) is 39.3 Å². The van der Waals surface area contributed by atoms with Crippen LogP contribution < -0.4 is 0 Å². The molecule has 1 aromatic heterocycles. The van der Waals surface area contributed by atoms with Gasteiger partial charge in [-0.1, -0.05) is 81.4 Å². The lowest BCUT2D eigenvalue weighted by Gasteiger charge is -2.40.